The molecule has 1 aliphatic carbocycles. The summed E-state index contributed by atoms with van der Waals surface area (Å²) < 4.78 is 6.65. The van der Waals surface area contributed by atoms with Crippen LogP contribution in [-0.4, -0.2) is 33.2 Å². The highest BCUT2D eigenvalue weighted by atomic mass is 16.7. The lowest BCUT2D eigenvalue weighted by molar-refractivity contribution is -0.339. The number of Topliss-reactive ketones (excluding diaryl/α,β-unsaturated/α-hetero) is 2. The summed E-state index contributed by atoms with van der Waals surface area (Å²) >= 11 is 0. The normalized spacial score (nSPS) is 35.1. The Morgan fingerprint density at radius 3 is 2.11 bits per heavy atom. The smallest absolute Gasteiger partial charge is 0.193 e. The minimum Gasteiger partial charge on any atom is -0.506 e. The number of ether oxygens (including phenoxy) is 1. The fourth-order valence-corrected chi connectivity index (χ4v) is 6.97. The Morgan fingerprint density at radius 1 is 1.00 bits per heavy atom. The Morgan fingerprint density at radius 2 is 1.55 bits per heavy atom. The standard InChI is InChI=1S/C33H42O5/c1-21(2)13-14-25-19-31(17-15-22(3)4)28(35)26(27(34)24-11-9-8-10-12-24)29(36)32(18-16-23(5)6)20-30(25,7)38-33(31,32)37/h8-12,15-16,25,34,37H,1,13-14,17-20H2,2-7H3/t25-,30-,31-,32+,33-/m1/s1. The fourth-order valence-electron chi connectivity index (χ4n) is 6.97. The third-order valence-electron chi connectivity index (χ3n) is 9.03. The number of allylic oxidation sites excluding steroid dienone is 6. The van der Waals surface area contributed by atoms with Crippen molar-refractivity contribution in [1.82, 2.24) is 0 Å². The summed E-state index contributed by atoms with van der Waals surface area (Å²) in [4.78, 5) is 29.2. The largest absolute Gasteiger partial charge is 0.506 e. The minimum atomic E-state index is -2.00. The Hall–Kier alpha value is -2.76. The van der Waals surface area contributed by atoms with Crippen molar-refractivity contribution in [2.45, 2.75) is 91.5 Å². The second-order valence-corrected chi connectivity index (χ2v) is 12.5. The Bertz CT molecular complexity index is 1250. The van der Waals surface area contributed by atoms with E-state index in [4.69, 9.17) is 4.74 Å². The van der Waals surface area contributed by atoms with Gasteiger partial charge in [-0.25, -0.2) is 0 Å². The lowest BCUT2D eigenvalue weighted by atomic mass is 9.51. The van der Waals surface area contributed by atoms with Gasteiger partial charge in [0.15, 0.2) is 17.4 Å². The third kappa shape index (κ3) is 4.15. The second-order valence-electron chi connectivity index (χ2n) is 12.5. The van der Waals surface area contributed by atoms with Crippen molar-refractivity contribution in [3.05, 3.63) is 76.9 Å². The van der Waals surface area contributed by atoms with E-state index < -0.39 is 33.8 Å². The number of ketones is 2. The first-order valence-electron chi connectivity index (χ1n) is 13.6. The van der Waals surface area contributed by atoms with Crippen LogP contribution in [0.3, 0.4) is 0 Å². The van der Waals surface area contributed by atoms with Gasteiger partial charge in [-0.15, -0.1) is 6.58 Å². The van der Waals surface area contributed by atoms with Crippen LogP contribution in [0.25, 0.3) is 5.76 Å². The summed E-state index contributed by atoms with van der Waals surface area (Å²) in [6.07, 6.45) is 6.49. The first kappa shape index (κ1) is 28.3. The quantitative estimate of drug-likeness (QED) is 0.167. The number of hydrogen-bond donors (Lipinski definition) is 2. The molecule has 0 unspecified atom stereocenters. The van der Waals surface area contributed by atoms with Gasteiger partial charge in [0.25, 0.3) is 0 Å². The number of aliphatic hydroxyl groups excluding tert-OH is 1. The highest BCUT2D eigenvalue weighted by Gasteiger charge is 2.82. The Labute approximate surface area is 227 Å². The molecule has 2 N–H and O–H groups in total. The topological polar surface area (TPSA) is 83.8 Å². The summed E-state index contributed by atoms with van der Waals surface area (Å²) in [6.45, 7) is 15.8. The zero-order valence-corrected chi connectivity index (χ0v) is 23.7. The van der Waals surface area contributed by atoms with Crippen molar-refractivity contribution < 1.29 is 24.5 Å². The summed E-state index contributed by atoms with van der Waals surface area (Å²) in [7, 11) is 0. The van der Waals surface area contributed by atoms with E-state index in [1.807, 2.05) is 59.8 Å². The molecule has 0 aromatic heterocycles. The van der Waals surface area contributed by atoms with E-state index in [9.17, 15) is 19.8 Å². The number of carbonyl (C=O) groups is 2. The van der Waals surface area contributed by atoms with E-state index >= 15 is 0 Å². The number of benzene rings is 1. The number of rotatable bonds is 8. The number of hydrogen-bond acceptors (Lipinski definition) is 5. The van der Waals surface area contributed by atoms with Crippen LogP contribution in [-0.2, 0) is 14.3 Å². The number of carbonyl (C=O) groups excluding carboxylic acids is 2. The molecular weight excluding hydrogens is 476 g/mol. The summed E-state index contributed by atoms with van der Waals surface area (Å²) in [6, 6.07) is 8.72. The SMILES string of the molecule is C=C(C)CC[C@@H]1C[C@]2(CC=C(C)C)C(=O)C(=C(O)c3ccccc3)C(=O)[C@]3(CC=C(C)C)C[C@@]1(C)O[C@@]32O. The molecule has 204 valence electrons. The monoisotopic (exact) mass is 518 g/mol. The zero-order chi connectivity index (χ0) is 28.1. The Balaban J connectivity index is 2.04. The van der Waals surface area contributed by atoms with Gasteiger partial charge in [-0.05, 0) is 86.0 Å². The molecule has 2 saturated heterocycles. The van der Waals surface area contributed by atoms with E-state index in [1.54, 1.807) is 24.3 Å². The molecule has 5 heteroatoms. The lowest BCUT2D eigenvalue weighted by Crippen LogP contribution is -2.70. The lowest BCUT2D eigenvalue weighted by Gasteiger charge is -2.58. The first-order valence-corrected chi connectivity index (χ1v) is 13.6. The van der Waals surface area contributed by atoms with Crippen molar-refractivity contribution >= 4 is 17.3 Å². The fraction of sp³-hybridized carbons (Fsp3) is 0.515. The van der Waals surface area contributed by atoms with Gasteiger partial charge >= 0.3 is 0 Å². The summed E-state index contributed by atoms with van der Waals surface area (Å²) in [5.74, 6) is -3.45. The summed E-state index contributed by atoms with van der Waals surface area (Å²) in [5.41, 5.74) is -0.378. The molecule has 1 saturated carbocycles. The zero-order valence-electron chi connectivity index (χ0n) is 23.7. The van der Waals surface area contributed by atoms with Crippen LogP contribution in [0.2, 0.25) is 0 Å². The first-order chi connectivity index (χ1) is 17.7. The van der Waals surface area contributed by atoms with Gasteiger partial charge in [0.2, 0.25) is 0 Å². The minimum absolute atomic E-state index is 0.0754. The van der Waals surface area contributed by atoms with E-state index in [-0.39, 0.29) is 36.5 Å². The van der Waals surface area contributed by atoms with Gasteiger partial charge in [0.05, 0.1) is 16.4 Å². The molecule has 0 amide bonds. The van der Waals surface area contributed by atoms with E-state index in [2.05, 4.69) is 6.58 Å². The van der Waals surface area contributed by atoms with Crippen molar-refractivity contribution in [2.24, 2.45) is 16.7 Å². The molecule has 5 atom stereocenters. The van der Waals surface area contributed by atoms with Gasteiger partial charge in [-0.1, -0.05) is 59.2 Å². The Kier molecular flexibility index (Phi) is 7.26. The predicted octanol–water partition coefficient (Wildman–Crippen LogP) is 7.04. The van der Waals surface area contributed by atoms with Crippen LogP contribution in [0.4, 0.5) is 0 Å². The van der Waals surface area contributed by atoms with Crippen LogP contribution in [0.15, 0.2) is 71.4 Å². The molecule has 3 aliphatic rings. The maximum absolute atomic E-state index is 14.6. The maximum Gasteiger partial charge on any atom is 0.193 e. The van der Waals surface area contributed by atoms with E-state index in [0.29, 0.717) is 12.0 Å². The van der Waals surface area contributed by atoms with Gasteiger partial charge in [-0.3, -0.25) is 9.59 Å². The van der Waals surface area contributed by atoms with Crippen LogP contribution < -0.4 is 0 Å². The summed E-state index contributed by atoms with van der Waals surface area (Å²) in [5, 5.41) is 24.1. The van der Waals surface area contributed by atoms with Crippen LogP contribution in [0.5, 0.6) is 0 Å². The second kappa shape index (κ2) is 9.77. The van der Waals surface area contributed by atoms with Crippen molar-refractivity contribution in [1.29, 1.82) is 0 Å². The van der Waals surface area contributed by atoms with Gasteiger partial charge < -0.3 is 14.9 Å². The molecule has 5 nitrogen and oxygen atoms in total. The number of fused-ring (bicyclic) bond motifs is 1. The molecule has 4 rings (SSSR count). The average Bonchev–Trinajstić information content (AvgIpc) is 3.08. The molecule has 0 radical (unpaired) electrons. The van der Waals surface area contributed by atoms with Crippen molar-refractivity contribution in [2.75, 3.05) is 0 Å². The van der Waals surface area contributed by atoms with Gasteiger partial charge in [0.1, 0.15) is 11.3 Å². The molecule has 1 aromatic rings. The predicted molar refractivity (Wildman–Crippen MR) is 150 cm³/mol. The van der Waals surface area contributed by atoms with Crippen molar-refractivity contribution in [3.8, 4) is 0 Å². The van der Waals surface area contributed by atoms with E-state index in [1.165, 1.54) is 0 Å². The van der Waals surface area contributed by atoms with Crippen LogP contribution in [0, 0.1) is 16.7 Å². The number of aliphatic hydroxyl groups is 2. The highest BCUT2D eigenvalue weighted by Crippen LogP contribution is 2.72. The molecule has 2 aliphatic heterocycles. The third-order valence-corrected chi connectivity index (χ3v) is 9.03. The molecule has 0 spiro atoms. The van der Waals surface area contributed by atoms with Gasteiger partial charge in [-0.2, -0.15) is 0 Å². The van der Waals surface area contributed by atoms with Crippen molar-refractivity contribution in [3.63, 3.8) is 0 Å². The molecule has 3 fully saturated rings. The molecule has 2 bridgehead atoms. The van der Waals surface area contributed by atoms with Gasteiger partial charge in [0, 0.05) is 5.56 Å². The average molecular weight is 519 g/mol. The maximum atomic E-state index is 14.6. The van der Waals surface area contributed by atoms with E-state index in [0.717, 1.165) is 29.6 Å². The van der Waals surface area contributed by atoms with Crippen LogP contribution in [0.1, 0.15) is 85.6 Å². The molecule has 38 heavy (non-hydrogen) atoms. The van der Waals surface area contributed by atoms with Crippen LogP contribution >= 0.6 is 0 Å². The molecule has 2 heterocycles. The highest BCUT2D eigenvalue weighted by molar-refractivity contribution is 6.30. The molecular formula is C33H42O5. The molecule has 1 aromatic carbocycles.